The van der Waals surface area contributed by atoms with E-state index in [4.69, 9.17) is 5.73 Å². The topological polar surface area (TPSA) is 60.0 Å². The van der Waals surface area contributed by atoms with Crippen LogP contribution in [-0.2, 0) is 19.5 Å². The highest BCUT2D eigenvalue weighted by Crippen LogP contribution is 2.26. The van der Waals surface area contributed by atoms with Gasteiger partial charge in [-0.05, 0) is 17.5 Å². The number of aryl methyl sites for hydroxylation is 1. The summed E-state index contributed by atoms with van der Waals surface area (Å²) in [6, 6.07) is 8.86. The van der Waals surface area contributed by atoms with E-state index in [0.717, 1.165) is 31.9 Å². The number of fused-ring (bicyclic) bond motifs is 1. The summed E-state index contributed by atoms with van der Waals surface area (Å²) in [5.41, 5.74) is 8.81. The summed E-state index contributed by atoms with van der Waals surface area (Å²) in [7, 11) is 0. The Kier molecular flexibility index (Phi) is 3.80. The third-order valence-corrected chi connectivity index (χ3v) is 4.13. The summed E-state index contributed by atoms with van der Waals surface area (Å²) in [4.78, 5) is 2.42. The molecule has 1 aromatic heterocycles. The lowest BCUT2D eigenvalue weighted by Gasteiger charge is -2.34. The van der Waals surface area contributed by atoms with Crippen LogP contribution in [0.5, 0.6) is 0 Å². The molecule has 5 heteroatoms. The molecule has 0 bridgehead atoms. The Morgan fingerprint density at radius 3 is 2.95 bits per heavy atom. The quantitative estimate of drug-likeness (QED) is 0.912. The highest BCUT2D eigenvalue weighted by atomic mass is 15.3. The lowest BCUT2D eigenvalue weighted by molar-refractivity contribution is 0.155. The molecule has 2 aromatic rings. The third-order valence-electron chi connectivity index (χ3n) is 4.13. The molecule has 3 rings (SSSR count). The fourth-order valence-corrected chi connectivity index (χ4v) is 3.01. The molecule has 106 valence electrons. The van der Waals surface area contributed by atoms with Gasteiger partial charge in [0, 0.05) is 25.7 Å². The monoisotopic (exact) mass is 271 g/mol. The fourth-order valence-electron chi connectivity index (χ4n) is 3.01. The van der Waals surface area contributed by atoms with Crippen LogP contribution in [0.4, 0.5) is 0 Å². The number of rotatable bonds is 4. The minimum atomic E-state index is 0.261. The molecule has 1 atom stereocenters. The standard InChI is InChI=1S/C15H21N5/c1-2-12-5-3-4-6-13(12)14(9-16)19-7-8-20-11-17-18-15(20)10-19/h3-6,11,14H,2,7-10,16H2,1H3. The van der Waals surface area contributed by atoms with E-state index in [9.17, 15) is 0 Å². The number of hydrogen-bond acceptors (Lipinski definition) is 4. The van der Waals surface area contributed by atoms with Gasteiger partial charge in [-0.3, -0.25) is 4.90 Å². The first-order chi connectivity index (χ1) is 9.83. The van der Waals surface area contributed by atoms with Gasteiger partial charge in [0.15, 0.2) is 0 Å². The number of hydrogen-bond donors (Lipinski definition) is 1. The second kappa shape index (κ2) is 5.73. The summed E-state index contributed by atoms with van der Waals surface area (Å²) in [5, 5.41) is 8.18. The summed E-state index contributed by atoms with van der Waals surface area (Å²) in [6.07, 6.45) is 2.85. The molecule has 20 heavy (non-hydrogen) atoms. The molecule has 0 spiro atoms. The predicted octanol–water partition coefficient (Wildman–Crippen LogP) is 1.36. The van der Waals surface area contributed by atoms with Gasteiger partial charge in [0.05, 0.1) is 6.54 Å². The van der Waals surface area contributed by atoms with Gasteiger partial charge >= 0.3 is 0 Å². The second-order valence-corrected chi connectivity index (χ2v) is 5.21. The molecule has 5 nitrogen and oxygen atoms in total. The van der Waals surface area contributed by atoms with Crippen LogP contribution in [0.15, 0.2) is 30.6 Å². The lowest BCUT2D eigenvalue weighted by atomic mass is 9.97. The molecule has 2 N–H and O–H groups in total. The summed E-state index contributed by atoms with van der Waals surface area (Å²) in [6.45, 7) is 5.57. The average molecular weight is 271 g/mol. The predicted molar refractivity (Wildman–Crippen MR) is 78.0 cm³/mol. The van der Waals surface area contributed by atoms with Gasteiger partial charge in [0.2, 0.25) is 0 Å². The van der Waals surface area contributed by atoms with Crippen molar-refractivity contribution in [3.05, 3.63) is 47.5 Å². The minimum absolute atomic E-state index is 0.261. The maximum absolute atomic E-state index is 6.07. The zero-order valence-corrected chi connectivity index (χ0v) is 11.9. The Morgan fingerprint density at radius 2 is 2.15 bits per heavy atom. The van der Waals surface area contributed by atoms with E-state index in [1.54, 1.807) is 0 Å². The van der Waals surface area contributed by atoms with Crippen molar-refractivity contribution < 1.29 is 0 Å². The molecular formula is C15H21N5. The third kappa shape index (κ3) is 2.34. The van der Waals surface area contributed by atoms with E-state index in [2.05, 4.69) is 50.9 Å². The summed E-state index contributed by atoms with van der Waals surface area (Å²) in [5.74, 6) is 1.03. The summed E-state index contributed by atoms with van der Waals surface area (Å²) >= 11 is 0. The zero-order valence-electron chi connectivity index (χ0n) is 11.9. The Balaban J connectivity index is 1.87. The SMILES string of the molecule is CCc1ccccc1C(CN)N1CCn2cnnc2C1. The first-order valence-electron chi connectivity index (χ1n) is 7.22. The van der Waals surface area contributed by atoms with Crippen molar-refractivity contribution in [3.63, 3.8) is 0 Å². The van der Waals surface area contributed by atoms with Crippen molar-refractivity contribution in [2.45, 2.75) is 32.5 Å². The number of nitrogens with two attached hydrogens (primary N) is 1. The highest BCUT2D eigenvalue weighted by molar-refractivity contribution is 5.30. The molecule has 0 radical (unpaired) electrons. The molecule has 0 saturated carbocycles. The van der Waals surface area contributed by atoms with E-state index in [1.807, 2.05) is 6.33 Å². The van der Waals surface area contributed by atoms with Gasteiger partial charge < -0.3 is 10.3 Å². The minimum Gasteiger partial charge on any atom is -0.329 e. The molecule has 0 amide bonds. The van der Waals surface area contributed by atoms with E-state index < -0.39 is 0 Å². The van der Waals surface area contributed by atoms with Crippen LogP contribution in [0.25, 0.3) is 0 Å². The number of aromatic nitrogens is 3. The van der Waals surface area contributed by atoms with Gasteiger partial charge in [-0.2, -0.15) is 0 Å². The van der Waals surface area contributed by atoms with Gasteiger partial charge in [-0.25, -0.2) is 0 Å². The fraction of sp³-hybridized carbons (Fsp3) is 0.467. The lowest BCUT2D eigenvalue weighted by Crippen LogP contribution is -2.40. The molecule has 1 aromatic carbocycles. The number of nitrogens with zero attached hydrogens (tertiary/aromatic N) is 4. The van der Waals surface area contributed by atoms with Gasteiger partial charge in [0.25, 0.3) is 0 Å². The van der Waals surface area contributed by atoms with Crippen molar-refractivity contribution in [2.24, 2.45) is 5.73 Å². The van der Waals surface area contributed by atoms with Gasteiger partial charge in [-0.15, -0.1) is 10.2 Å². The van der Waals surface area contributed by atoms with Crippen molar-refractivity contribution >= 4 is 0 Å². The maximum Gasteiger partial charge on any atom is 0.147 e. The molecular weight excluding hydrogens is 250 g/mol. The first kappa shape index (κ1) is 13.3. The molecule has 2 heterocycles. The van der Waals surface area contributed by atoms with Crippen LogP contribution >= 0.6 is 0 Å². The van der Waals surface area contributed by atoms with E-state index in [0.29, 0.717) is 6.54 Å². The van der Waals surface area contributed by atoms with Crippen molar-refractivity contribution in [1.29, 1.82) is 0 Å². The first-order valence-corrected chi connectivity index (χ1v) is 7.22. The number of benzene rings is 1. The smallest absolute Gasteiger partial charge is 0.147 e. The summed E-state index contributed by atoms with van der Waals surface area (Å²) < 4.78 is 2.12. The highest BCUT2D eigenvalue weighted by Gasteiger charge is 2.25. The van der Waals surface area contributed by atoms with Crippen LogP contribution in [0.3, 0.4) is 0 Å². The molecule has 1 aliphatic rings. The zero-order chi connectivity index (χ0) is 13.9. The Labute approximate surface area is 119 Å². The van der Waals surface area contributed by atoms with Gasteiger partial charge in [-0.1, -0.05) is 31.2 Å². The van der Waals surface area contributed by atoms with Crippen LogP contribution in [0.2, 0.25) is 0 Å². The largest absolute Gasteiger partial charge is 0.329 e. The molecule has 0 saturated heterocycles. The maximum atomic E-state index is 6.07. The van der Waals surface area contributed by atoms with E-state index >= 15 is 0 Å². The van der Waals surface area contributed by atoms with Gasteiger partial charge in [0.1, 0.15) is 12.2 Å². The van der Waals surface area contributed by atoms with Crippen LogP contribution in [0.1, 0.15) is 29.9 Å². The van der Waals surface area contributed by atoms with Crippen molar-refractivity contribution in [3.8, 4) is 0 Å². The van der Waals surface area contributed by atoms with E-state index in [1.165, 1.54) is 11.1 Å². The van der Waals surface area contributed by atoms with Crippen molar-refractivity contribution in [1.82, 2.24) is 19.7 Å². The normalized spacial score (nSPS) is 16.9. The van der Waals surface area contributed by atoms with Crippen LogP contribution < -0.4 is 5.73 Å². The molecule has 0 fully saturated rings. The van der Waals surface area contributed by atoms with Crippen LogP contribution in [0, 0.1) is 0 Å². The Morgan fingerprint density at radius 1 is 1.30 bits per heavy atom. The average Bonchev–Trinajstić information content (AvgIpc) is 2.96. The molecule has 1 aliphatic heterocycles. The molecule has 0 aliphatic carbocycles. The van der Waals surface area contributed by atoms with Crippen LogP contribution in [-0.4, -0.2) is 32.8 Å². The molecule has 1 unspecified atom stereocenters. The van der Waals surface area contributed by atoms with Crippen molar-refractivity contribution in [2.75, 3.05) is 13.1 Å². The second-order valence-electron chi connectivity index (χ2n) is 5.21. The van der Waals surface area contributed by atoms with E-state index in [-0.39, 0.29) is 6.04 Å². The Bertz CT molecular complexity index is 577. The Hall–Kier alpha value is -1.72.